The van der Waals surface area contributed by atoms with E-state index in [2.05, 4.69) is 0 Å². The second kappa shape index (κ2) is 15.0. The van der Waals surface area contributed by atoms with Gasteiger partial charge in [0.05, 0.1) is 11.8 Å². The molecule has 0 radical (unpaired) electrons. The van der Waals surface area contributed by atoms with Gasteiger partial charge in [-0.2, -0.15) is 0 Å². The Morgan fingerprint density at radius 2 is 0.735 bits per heavy atom. The fourth-order valence-corrected chi connectivity index (χ4v) is 2.07. The van der Waals surface area contributed by atoms with E-state index in [4.69, 9.17) is 29.9 Å². The third-order valence-corrected chi connectivity index (χ3v) is 3.53. The van der Waals surface area contributed by atoms with Crippen LogP contribution in [0, 0.1) is 11.8 Å². The summed E-state index contributed by atoms with van der Waals surface area (Å²) in [6.45, 7) is -1.85. The molecule has 0 aliphatic rings. The molecular weight excluding hydrogens is 464 g/mol. The molecule has 0 aromatic carbocycles. The molecule has 0 saturated heterocycles. The third-order valence-electron chi connectivity index (χ3n) is 3.53. The maximum Gasteiger partial charge on any atom is 0.331 e. The zero-order valence-electron chi connectivity index (χ0n) is 17.1. The topological polar surface area (TPSA) is 236 Å². The van der Waals surface area contributed by atoms with E-state index in [1.807, 2.05) is 0 Å². The van der Waals surface area contributed by atoms with Crippen LogP contribution in [0.15, 0.2) is 48.6 Å². The van der Waals surface area contributed by atoms with E-state index < -0.39 is 72.4 Å². The summed E-state index contributed by atoms with van der Waals surface area (Å²) in [5, 5.41) is 34.4. The van der Waals surface area contributed by atoms with E-state index >= 15 is 0 Å². The lowest BCUT2D eigenvalue weighted by atomic mass is 9.85. The first-order chi connectivity index (χ1) is 15.8. The number of ketones is 2. The molecule has 0 aliphatic heterocycles. The van der Waals surface area contributed by atoms with Crippen LogP contribution >= 0.6 is 0 Å². The van der Waals surface area contributed by atoms with Crippen LogP contribution < -0.4 is 0 Å². The van der Waals surface area contributed by atoms with Crippen molar-refractivity contribution in [1.82, 2.24) is 0 Å². The van der Waals surface area contributed by atoms with Crippen molar-refractivity contribution in [2.45, 2.75) is 0 Å². The average molecular weight is 482 g/mol. The quantitative estimate of drug-likeness (QED) is 0.162. The SMILES string of the molecule is O=C(O)C=CC(=O)OCC(C(=O)C=CC(=O)O)C(COC(=O)C=CC(=O)O)C(=O)C=CC(=O)O. The molecule has 0 rings (SSSR count). The molecule has 0 fully saturated rings. The molecule has 182 valence electrons. The van der Waals surface area contributed by atoms with Crippen LogP contribution in [-0.4, -0.2) is 81.0 Å². The Bertz CT molecular complexity index is 888. The zero-order chi connectivity index (χ0) is 26.3. The molecule has 0 bridgehead atoms. The summed E-state index contributed by atoms with van der Waals surface area (Å²) in [7, 11) is 0. The fourth-order valence-electron chi connectivity index (χ4n) is 2.07. The maximum atomic E-state index is 12.5. The molecule has 4 N–H and O–H groups in total. The van der Waals surface area contributed by atoms with E-state index in [-0.39, 0.29) is 0 Å². The van der Waals surface area contributed by atoms with Gasteiger partial charge in [-0.1, -0.05) is 0 Å². The fraction of sp³-hybridized carbons (Fsp3) is 0.200. The number of rotatable bonds is 15. The van der Waals surface area contributed by atoms with Gasteiger partial charge >= 0.3 is 35.8 Å². The maximum absolute atomic E-state index is 12.5. The van der Waals surface area contributed by atoms with E-state index in [1.54, 1.807) is 0 Å². The van der Waals surface area contributed by atoms with Crippen LogP contribution in [-0.2, 0) is 47.8 Å². The number of carbonyl (C=O) groups excluding carboxylic acids is 4. The lowest BCUT2D eigenvalue weighted by Gasteiger charge is -2.22. The number of carboxylic acid groups (broad SMARTS) is 4. The largest absolute Gasteiger partial charge is 0.478 e. The summed E-state index contributed by atoms with van der Waals surface area (Å²) in [6.07, 6.45) is 3.62. The predicted octanol–water partition coefficient (Wildman–Crippen LogP) is -0.993. The van der Waals surface area contributed by atoms with Gasteiger partial charge < -0.3 is 29.9 Å². The predicted molar refractivity (Wildman–Crippen MR) is 106 cm³/mol. The summed E-state index contributed by atoms with van der Waals surface area (Å²) in [5.41, 5.74) is 0. The Hall–Kier alpha value is -4.88. The number of carboxylic acids is 4. The first kappa shape index (κ1) is 29.1. The molecular formula is C20H18O14. The summed E-state index contributed by atoms with van der Waals surface area (Å²) in [4.78, 5) is 90.6. The second-order valence-corrected chi connectivity index (χ2v) is 5.96. The summed E-state index contributed by atoms with van der Waals surface area (Å²) < 4.78 is 9.42. The number of ether oxygens (including phenoxy) is 2. The van der Waals surface area contributed by atoms with Crippen LogP contribution in [0.1, 0.15) is 0 Å². The number of hydrogen-bond donors (Lipinski definition) is 4. The van der Waals surface area contributed by atoms with Crippen molar-refractivity contribution < 1.29 is 68.3 Å². The number of hydrogen-bond acceptors (Lipinski definition) is 10. The molecule has 0 spiro atoms. The molecule has 14 nitrogen and oxygen atoms in total. The van der Waals surface area contributed by atoms with Gasteiger partial charge in [-0.15, -0.1) is 0 Å². The van der Waals surface area contributed by atoms with Crippen LogP contribution in [0.4, 0.5) is 0 Å². The minimum Gasteiger partial charge on any atom is -0.478 e. The van der Waals surface area contributed by atoms with Crippen LogP contribution in [0.3, 0.4) is 0 Å². The summed E-state index contributed by atoms with van der Waals surface area (Å²) in [6, 6.07) is 0. The van der Waals surface area contributed by atoms with E-state index in [0.29, 0.717) is 48.6 Å². The summed E-state index contributed by atoms with van der Waals surface area (Å²) >= 11 is 0. The van der Waals surface area contributed by atoms with Crippen molar-refractivity contribution >= 4 is 47.4 Å². The molecule has 0 saturated carbocycles. The Labute approximate surface area is 190 Å². The molecule has 0 amide bonds. The van der Waals surface area contributed by atoms with Crippen molar-refractivity contribution in [1.29, 1.82) is 0 Å². The normalized spacial score (nSPS) is 13.1. The highest BCUT2D eigenvalue weighted by molar-refractivity contribution is 6.03. The van der Waals surface area contributed by atoms with E-state index in [0.717, 1.165) is 0 Å². The van der Waals surface area contributed by atoms with Crippen molar-refractivity contribution in [3.8, 4) is 0 Å². The molecule has 0 aliphatic carbocycles. The molecule has 14 heteroatoms. The molecule has 0 aromatic rings. The number of esters is 2. The molecule has 0 heterocycles. The van der Waals surface area contributed by atoms with Gasteiger partial charge in [0.2, 0.25) is 0 Å². The van der Waals surface area contributed by atoms with Crippen molar-refractivity contribution in [2.75, 3.05) is 13.2 Å². The van der Waals surface area contributed by atoms with Gasteiger partial charge in [0.15, 0.2) is 11.6 Å². The smallest absolute Gasteiger partial charge is 0.331 e. The Morgan fingerprint density at radius 1 is 0.471 bits per heavy atom. The van der Waals surface area contributed by atoms with Crippen LogP contribution in [0.25, 0.3) is 0 Å². The number of aliphatic carboxylic acids is 4. The third kappa shape index (κ3) is 13.4. The highest BCUT2D eigenvalue weighted by Crippen LogP contribution is 2.19. The molecule has 0 aromatic heterocycles. The standard InChI is InChI=1S/C20H18O14/c21-13(1-3-15(23)24)11(9-33-19(31)7-5-17(27)28)12(14(22)2-4-16(25)26)10-34-20(32)8-6-18(29)30/h1-8,11-12H,9-10H2,(H,23,24)(H,25,26)(H,27,28)(H,29,30). The Balaban J connectivity index is 6.00. The first-order valence-electron chi connectivity index (χ1n) is 8.88. The second-order valence-electron chi connectivity index (χ2n) is 5.96. The van der Waals surface area contributed by atoms with Crippen molar-refractivity contribution in [2.24, 2.45) is 11.8 Å². The van der Waals surface area contributed by atoms with Crippen molar-refractivity contribution in [3.63, 3.8) is 0 Å². The molecule has 34 heavy (non-hydrogen) atoms. The van der Waals surface area contributed by atoms with Gasteiger partial charge in [-0.25, -0.2) is 28.8 Å². The van der Waals surface area contributed by atoms with Crippen LogP contribution in [0.5, 0.6) is 0 Å². The lowest BCUT2D eigenvalue weighted by Crippen LogP contribution is -2.36. The Morgan fingerprint density at radius 3 is 1.00 bits per heavy atom. The van der Waals surface area contributed by atoms with Crippen LogP contribution in [0.2, 0.25) is 0 Å². The zero-order valence-corrected chi connectivity index (χ0v) is 17.1. The van der Waals surface area contributed by atoms with E-state index in [1.165, 1.54) is 0 Å². The lowest BCUT2D eigenvalue weighted by molar-refractivity contribution is -0.148. The van der Waals surface area contributed by atoms with Crippen molar-refractivity contribution in [3.05, 3.63) is 48.6 Å². The highest BCUT2D eigenvalue weighted by atomic mass is 16.5. The Kier molecular flexibility index (Phi) is 12.9. The van der Waals surface area contributed by atoms with Gasteiger partial charge in [-0.3, -0.25) is 9.59 Å². The van der Waals surface area contributed by atoms with Gasteiger partial charge in [-0.05, 0) is 12.2 Å². The monoisotopic (exact) mass is 482 g/mol. The van der Waals surface area contributed by atoms with Gasteiger partial charge in [0.25, 0.3) is 0 Å². The van der Waals surface area contributed by atoms with Gasteiger partial charge in [0, 0.05) is 36.5 Å². The number of allylic oxidation sites excluding steroid dienone is 2. The molecule has 2 atom stereocenters. The average Bonchev–Trinajstić information content (AvgIpc) is 2.74. The number of carbonyl (C=O) groups is 8. The molecule has 2 unspecified atom stereocenters. The van der Waals surface area contributed by atoms with Gasteiger partial charge in [0.1, 0.15) is 13.2 Å². The summed E-state index contributed by atoms with van der Waals surface area (Å²) in [5.74, 6) is -14.2. The minimum atomic E-state index is -1.71. The first-order valence-corrected chi connectivity index (χ1v) is 8.88. The van der Waals surface area contributed by atoms with E-state index in [9.17, 15) is 38.4 Å². The highest BCUT2D eigenvalue weighted by Gasteiger charge is 2.34. The minimum absolute atomic E-state index is 0.401.